The minimum absolute atomic E-state index is 0.0276. The molecule has 1 aromatic carbocycles. The molecule has 1 atom stereocenters. The minimum atomic E-state index is -0.0276. The average molecular weight is 242 g/mol. The van der Waals surface area contributed by atoms with E-state index in [1.54, 1.807) is 0 Å². The monoisotopic (exact) mass is 242 g/mol. The summed E-state index contributed by atoms with van der Waals surface area (Å²) in [7, 11) is 0. The highest BCUT2D eigenvalue weighted by Gasteiger charge is 2.34. The molecule has 0 radical (unpaired) electrons. The van der Waals surface area contributed by atoms with E-state index in [-0.39, 0.29) is 5.92 Å². The summed E-state index contributed by atoms with van der Waals surface area (Å²) in [5, 5.41) is 12.8. The fourth-order valence-electron chi connectivity index (χ4n) is 2.74. The molecule has 2 nitrogen and oxygen atoms in total. The van der Waals surface area contributed by atoms with Gasteiger partial charge in [-0.15, -0.1) is 0 Å². The summed E-state index contributed by atoms with van der Waals surface area (Å²) >= 11 is 0. The highest BCUT2D eigenvalue weighted by Crippen LogP contribution is 2.43. The van der Waals surface area contributed by atoms with Crippen molar-refractivity contribution in [3.63, 3.8) is 0 Å². The zero-order valence-electron chi connectivity index (χ0n) is 11.2. The van der Waals surface area contributed by atoms with Crippen molar-refractivity contribution in [2.45, 2.75) is 38.5 Å². The summed E-state index contributed by atoms with van der Waals surface area (Å²) in [4.78, 5) is 0. The van der Waals surface area contributed by atoms with E-state index in [9.17, 15) is 5.26 Å². The molecule has 0 bridgehead atoms. The lowest BCUT2D eigenvalue weighted by molar-refractivity contribution is 0.124. The second-order valence-electron chi connectivity index (χ2n) is 5.43. The first-order valence-electron chi connectivity index (χ1n) is 6.95. The molecule has 0 amide bonds. The van der Waals surface area contributed by atoms with Crippen molar-refractivity contribution in [3.8, 4) is 6.07 Å². The van der Waals surface area contributed by atoms with E-state index in [4.69, 9.17) is 0 Å². The molecule has 2 rings (SSSR count). The number of nitrogens with one attached hydrogen (secondary N) is 1. The van der Waals surface area contributed by atoms with Crippen LogP contribution in [0, 0.1) is 16.7 Å². The molecule has 18 heavy (non-hydrogen) atoms. The van der Waals surface area contributed by atoms with Gasteiger partial charge < -0.3 is 5.32 Å². The van der Waals surface area contributed by atoms with Crippen LogP contribution in [0.5, 0.6) is 0 Å². The van der Waals surface area contributed by atoms with Crippen LogP contribution in [-0.2, 0) is 0 Å². The third-order valence-corrected chi connectivity index (χ3v) is 4.37. The zero-order valence-corrected chi connectivity index (χ0v) is 11.2. The van der Waals surface area contributed by atoms with Gasteiger partial charge in [-0.3, -0.25) is 0 Å². The van der Waals surface area contributed by atoms with Crippen molar-refractivity contribution in [1.82, 2.24) is 5.32 Å². The third-order valence-electron chi connectivity index (χ3n) is 4.37. The molecule has 1 aromatic rings. The second kappa shape index (κ2) is 6.02. The lowest BCUT2D eigenvalue weighted by atomic mass is 9.67. The fourth-order valence-corrected chi connectivity index (χ4v) is 2.74. The largest absolute Gasteiger partial charge is 0.315 e. The van der Waals surface area contributed by atoms with E-state index in [2.05, 4.69) is 18.3 Å². The fraction of sp³-hybridized carbons (Fsp3) is 0.562. The van der Waals surface area contributed by atoms with Crippen LogP contribution in [0.1, 0.15) is 44.1 Å². The molecule has 1 N–H and O–H groups in total. The first-order chi connectivity index (χ1) is 8.79. The Balaban J connectivity index is 1.83. The van der Waals surface area contributed by atoms with Crippen LogP contribution >= 0.6 is 0 Å². The Morgan fingerprint density at radius 3 is 2.56 bits per heavy atom. The van der Waals surface area contributed by atoms with Crippen LogP contribution in [0.25, 0.3) is 0 Å². The van der Waals surface area contributed by atoms with Crippen LogP contribution in [-0.4, -0.2) is 13.1 Å². The molecule has 0 aromatic heterocycles. The SMILES string of the molecule is CCC1(CNCC(C#N)c2ccccc2)CCC1. The number of benzene rings is 1. The van der Waals surface area contributed by atoms with E-state index in [1.165, 1.54) is 25.7 Å². The summed E-state index contributed by atoms with van der Waals surface area (Å²) < 4.78 is 0. The van der Waals surface area contributed by atoms with E-state index in [0.717, 1.165) is 18.7 Å². The molecular weight excluding hydrogens is 220 g/mol. The number of hydrogen-bond donors (Lipinski definition) is 1. The van der Waals surface area contributed by atoms with E-state index < -0.39 is 0 Å². The Morgan fingerprint density at radius 2 is 2.06 bits per heavy atom. The number of rotatable bonds is 6. The van der Waals surface area contributed by atoms with Crippen molar-refractivity contribution in [2.75, 3.05) is 13.1 Å². The van der Waals surface area contributed by atoms with Gasteiger partial charge in [0.1, 0.15) is 0 Å². The summed E-state index contributed by atoms with van der Waals surface area (Å²) in [6.07, 6.45) is 5.32. The summed E-state index contributed by atoms with van der Waals surface area (Å²) in [5.41, 5.74) is 1.64. The van der Waals surface area contributed by atoms with Crippen LogP contribution in [0.3, 0.4) is 0 Å². The van der Waals surface area contributed by atoms with Crippen molar-refractivity contribution < 1.29 is 0 Å². The number of nitrogens with zero attached hydrogens (tertiary/aromatic N) is 1. The Kier molecular flexibility index (Phi) is 4.38. The summed E-state index contributed by atoms with van der Waals surface area (Å²) in [6, 6.07) is 12.5. The highest BCUT2D eigenvalue weighted by molar-refractivity contribution is 5.25. The summed E-state index contributed by atoms with van der Waals surface area (Å²) in [6.45, 7) is 4.11. The van der Waals surface area contributed by atoms with Crippen molar-refractivity contribution in [2.24, 2.45) is 5.41 Å². The normalized spacial score (nSPS) is 18.7. The first kappa shape index (κ1) is 13.1. The standard InChI is InChI=1S/C16H22N2/c1-2-16(9-6-10-16)13-18-12-15(11-17)14-7-4-3-5-8-14/h3-5,7-8,15,18H,2,6,9-10,12-13H2,1H3. The topological polar surface area (TPSA) is 35.8 Å². The van der Waals surface area contributed by atoms with Gasteiger partial charge in [-0.25, -0.2) is 0 Å². The molecule has 0 heterocycles. The van der Waals surface area contributed by atoms with Gasteiger partial charge in [-0.2, -0.15) is 5.26 Å². The predicted molar refractivity (Wildman–Crippen MR) is 74.2 cm³/mol. The van der Waals surface area contributed by atoms with Gasteiger partial charge in [0.2, 0.25) is 0 Å². The van der Waals surface area contributed by atoms with E-state index in [0.29, 0.717) is 5.41 Å². The molecule has 1 aliphatic carbocycles. The highest BCUT2D eigenvalue weighted by atomic mass is 14.9. The molecule has 1 unspecified atom stereocenters. The van der Waals surface area contributed by atoms with Crippen molar-refractivity contribution in [1.29, 1.82) is 5.26 Å². The molecule has 1 saturated carbocycles. The molecule has 96 valence electrons. The Morgan fingerprint density at radius 1 is 1.33 bits per heavy atom. The summed E-state index contributed by atoms with van der Waals surface area (Å²) in [5.74, 6) is -0.0276. The van der Waals surface area contributed by atoms with Crippen LogP contribution in [0.4, 0.5) is 0 Å². The van der Waals surface area contributed by atoms with Gasteiger partial charge in [0.05, 0.1) is 12.0 Å². The van der Waals surface area contributed by atoms with Gasteiger partial charge >= 0.3 is 0 Å². The number of nitriles is 1. The van der Waals surface area contributed by atoms with E-state index in [1.807, 2.05) is 30.3 Å². The average Bonchev–Trinajstić information content (AvgIpc) is 2.38. The van der Waals surface area contributed by atoms with Gasteiger partial charge in [-0.1, -0.05) is 43.7 Å². The lowest BCUT2D eigenvalue weighted by Gasteiger charge is -2.41. The minimum Gasteiger partial charge on any atom is -0.315 e. The maximum atomic E-state index is 9.25. The second-order valence-corrected chi connectivity index (χ2v) is 5.43. The van der Waals surface area contributed by atoms with Crippen LogP contribution in [0.2, 0.25) is 0 Å². The predicted octanol–water partition coefficient (Wildman–Crippen LogP) is 3.46. The third kappa shape index (κ3) is 2.91. The van der Waals surface area contributed by atoms with Gasteiger partial charge in [0.25, 0.3) is 0 Å². The molecule has 1 fully saturated rings. The van der Waals surface area contributed by atoms with Gasteiger partial charge in [0.15, 0.2) is 0 Å². The van der Waals surface area contributed by atoms with Gasteiger partial charge in [0, 0.05) is 13.1 Å². The molecule has 1 aliphatic rings. The Hall–Kier alpha value is -1.33. The first-order valence-corrected chi connectivity index (χ1v) is 6.95. The molecule has 0 aliphatic heterocycles. The van der Waals surface area contributed by atoms with Crippen LogP contribution < -0.4 is 5.32 Å². The quantitative estimate of drug-likeness (QED) is 0.829. The number of hydrogen-bond acceptors (Lipinski definition) is 2. The van der Waals surface area contributed by atoms with Gasteiger partial charge in [-0.05, 0) is 30.2 Å². The Labute approximate surface area is 110 Å². The van der Waals surface area contributed by atoms with Crippen LogP contribution in [0.15, 0.2) is 30.3 Å². The maximum Gasteiger partial charge on any atom is 0.0837 e. The molecule has 0 saturated heterocycles. The van der Waals surface area contributed by atoms with E-state index >= 15 is 0 Å². The van der Waals surface area contributed by atoms with Crippen molar-refractivity contribution in [3.05, 3.63) is 35.9 Å². The zero-order chi connectivity index (χ0) is 12.8. The molecule has 0 spiro atoms. The smallest absolute Gasteiger partial charge is 0.0837 e. The van der Waals surface area contributed by atoms with Crippen molar-refractivity contribution >= 4 is 0 Å². The Bertz CT molecular complexity index is 395. The molecule has 2 heteroatoms. The lowest BCUT2D eigenvalue weighted by Crippen LogP contribution is -2.40. The maximum absolute atomic E-state index is 9.25. The molecular formula is C16H22N2.